The number of benzene rings is 2. The summed E-state index contributed by atoms with van der Waals surface area (Å²) in [4.78, 5) is 12.0. The van der Waals surface area contributed by atoms with Crippen molar-refractivity contribution in [3.05, 3.63) is 64.7 Å². The molecule has 0 saturated heterocycles. The predicted molar refractivity (Wildman–Crippen MR) is 65.4 cm³/mol. The fraction of sp³-hybridized carbons (Fsp3) is 0.0714. The van der Waals surface area contributed by atoms with E-state index in [0.29, 0.717) is 5.69 Å². The van der Waals surface area contributed by atoms with E-state index in [0.717, 1.165) is 0 Å². The first-order chi connectivity index (χ1) is 8.50. The van der Waals surface area contributed by atoms with E-state index in [1.54, 1.807) is 12.1 Å². The lowest BCUT2D eigenvalue weighted by Crippen LogP contribution is -2.07. The van der Waals surface area contributed by atoms with Crippen LogP contribution in [0, 0.1) is 18.6 Å². The van der Waals surface area contributed by atoms with Crippen molar-refractivity contribution in [1.29, 1.82) is 0 Å². The van der Waals surface area contributed by atoms with Crippen LogP contribution in [0.15, 0.2) is 36.4 Å². The molecule has 18 heavy (non-hydrogen) atoms. The Hall–Kier alpha value is -2.23. The second kappa shape index (κ2) is 4.56. The highest BCUT2D eigenvalue weighted by atomic mass is 19.2. The molecule has 2 rings (SSSR count). The Labute approximate surface area is 103 Å². The molecule has 0 heterocycles. The van der Waals surface area contributed by atoms with Gasteiger partial charge >= 0.3 is 0 Å². The number of hydrogen-bond donors (Lipinski definition) is 1. The predicted octanol–water partition coefficient (Wildman–Crippen LogP) is 3.09. The van der Waals surface area contributed by atoms with Crippen molar-refractivity contribution in [3.8, 4) is 0 Å². The molecule has 0 aliphatic rings. The highest BCUT2D eigenvalue weighted by Gasteiger charge is 2.18. The molecule has 2 aromatic carbocycles. The summed E-state index contributed by atoms with van der Waals surface area (Å²) in [7, 11) is 0. The van der Waals surface area contributed by atoms with Gasteiger partial charge in [-0.25, -0.2) is 8.78 Å². The molecule has 2 N–H and O–H groups in total. The Morgan fingerprint density at radius 3 is 2.50 bits per heavy atom. The zero-order valence-electron chi connectivity index (χ0n) is 9.71. The number of carbonyl (C=O) groups is 1. The van der Waals surface area contributed by atoms with E-state index in [1.807, 2.05) is 0 Å². The number of rotatable bonds is 2. The number of hydrogen-bond acceptors (Lipinski definition) is 2. The van der Waals surface area contributed by atoms with Gasteiger partial charge in [-0.15, -0.1) is 0 Å². The van der Waals surface area contributed by atoms with E-state index < -0.39 is 17.4 Å². The first-order valence-corrected chi connectivity index (χ1v) is 5.35. The molecule has 4 heteroatoms. The lowest BCUT2D eigenvalue weighted by Gasteiger charge is -2.06. The van der Waals surface area contributed by atoms with Gasteiger partial charge in [0.2, 0.25) is 0 Å². The molecule has 92 valence electrons. The summed E-state index contributed by atoms with van der Waals surface area (Å²) in [6.45, 7) is 1.44. The number of aryl methyl sites for hydroxylation is 1. The summed E-state index contributed by atoms with van der Waals surface area (Å²) in [5, 5.41) is 0. The van der Waals surface area contributed by atoms with E-state index in [2.05, 4.69) is 0 Å². The third-order valence-electron chi connectivity index (χ3n) is 2.67. The number of nitrogen functional groups attached to an aromatic ring is 1. The molecule has 0 aliphatic carbocycles. The second-order valence-electron chi connectivity index (χ2n) is 4.01. The second-order valence-corrected chi connectivity index (χ2v) is 4.01. The summed E-state index contributed by atoms with van der Waals surface area (Å²) < 4.78 is 27.1. The normalized spacial score (nSPS) is 10.4. The Kier molecular flexibility index (Phi) is 3.10. The minimum Gasteiger partial charge on any atom is -0.399 e. The van der Waals surface area contributed by atoms with Gasteiger partial charge in [0.1, 0.15) is 0 Å². The quantitative estimate of drug-likeness (QED) is 0.654. The molecule has 0 radical (unpaired) electrons. The van der Waals surface area contributed by atoms with Crippen molar-refractivity contribution in [1.82, 2.24) is 0 Å². The van der Waals surface area contributed by atoms with E-state index in [9.17, 15) is 13.6 Å². The van der Waals surface area contributed by atoms with Crippen molar-refractivity contribution < 1.29 is 13.6 Å². The smallest absolute Gasteiger partial charge is 0.196 e. The monoisotopic (exact) mass is 247 g/mol. The number of nitrogens with two attached hydrogens (primary N) is 1. The molecule has 2 nitrogen and oxygen atoms in total. The SMILES string of the molecule is Cc1ccc(C(=O)c2cccc(N)c2)c(F)c1F. The van der Waals surface area contributed by atoms with E-state index in [1.165, 1.54) is 31.2 Å². The van der Waals surface area contributed by atoms with Crippen LogP contribution < -0.4 is 5.73 Å². The molecule has 0 bridgehead atoms. The summed E-state index contributed by atoms with van der Waals surface area (Å²) in [5.41, 5.74) is 6.05. The first kappa shape index (κ1) is 12.2. The third-order valence-corrected chi connectivity index (χ3v) is 2.67. The average Bonchev–Trinajstić information content (AvgIpc) is 2.35. The molecular weight excluding hydrogens is 236 g/mol. The Morgan fingerprint density at radius 2 is 1.83 bits per heavy atom. The van der Waals surface area contributed by atoms with Crippen molar-refractivity contribution in [2.45, 2.75) is 6.92 Å². The van der Waals surface area contributed by atoms with E-state index >= 15 is 0 Å². The fourth-order valence-electron chi connectivity index (χ4n) is 1.66. The van der Waals surface area contributed by atoms with Crippen LogP contribution in [0.25, 0.3) is 0 Å². The van der Waals surface area contributed by atoms with E-state index in [-0.39, 0.29) is 16.7 Å². The maximum Gasteiger partial charge on any atom is 0.196 e. The van der Waals surface area contributed by atoms with Crippen LogP contribution in [0.2, 0.25) is 0 Å². The largest absolute Gasteiger partial charge is 0.399 e. The summed E-state index contributed by atoms with van der Waals surface area (Å²) in [6, 6.07) is 8.79. The van der Waals surface area contributed by atoms with Crippen LogP contribution in [-0.4, -0.2) is 5.78 Å². The van der Waals surface area contributed by atoms with E-state index in [4.69, 9.17) is 5.73 Å². The summed E-state index contributed by atoms with van der Waals surface area (Å²) in [6.07, 6.45) is 0. The molecule has 0 amide bonds. The highest BCUT2D eigenvalue weighted by Crippen LogP contribution is 2.19. The third kappa shape index (κ3) is 2.09. The molecule has 0 atom stereocenters. The number of halogens is 2. The molecule has 2 aromatic rings. The first-order valence-electron chi connectivity index (χ1n) is 5.35. The van der Waals surface area contributed by atoms with Crippen LogP contribution in [-0.2, 0) is 0 Å². The molecular formula is C14H11F2NO. The molecule has 0 unspecified atom stereocenters. The van der Waals surface area contributed by atoms with Gasteiger partial charge in [0.25, 0.3) is 0 Å². The van der Waals surface area contributed by atoms with Gasteiger partial charge in [-0.2, -0.15) is 0 Å². The van der Waals surface area contributed by atoms with Gasteiger partial charge in [-0.05, 0) is 30.7 Å². The Balaban J connectivity index is 2.50. The van der Waals surface area contributed by atoms with Gasteiger partial charge in [0, 0.05) is 11.3 Å². The lowest BCUT2D eigenvalue weighted by atomic mass is 10.0. The maximum absolute atomic E-state index is 13.7. The fourth-order valence-corrected chi connectivity index (χ4v) is 1.66. The van der Waals surface area contributed by atoms with Crippen molar-refractivity contribution in [2.24, 2.45) is 0 Å². The Bertz CT molecular complexity index is 623. The Morgan fingerprint density at radius 1 is 1.11 bits per heavy atom. The van der Waals surface area contributed by atoms with Gasteiger partial charge in [-0.3, -0.25) is 4.79 Å². The van der Waals surface area contributed by atoms with Crippen LogP contribution in [0.3, 0.4) is 0 Å². The average molecular weight is 247 g/mol. The molecule has 0 saturated carbocycles. The van der Waals surface area contributed by atoms with Crippen LogP contribution >= 0.6 is 0 Å². The van der Waals surface area contributed by atoms with Gasteiger partial charge in [0.15, 0.2) is 17.4 Å². The zero-order chi connectivity index (χ0) is 13.3. The number of ketones is 1. The lowest BCUT2D eigenvalue weighted by molar-refractivity contribution is 0.103. The minimum atomic E-state index is -1.12. The van der Waals surface area contributed by atoms with Crippen molar-refractivity contribution >= 4 is 11.5 Å². The molecule has 0 fully saturated rings. The molecule has 0 aliphatic heterocycles. The standard InChI is InChI=1S/C14H11F2NO/c1-8-5-6-11(13(16)12(8)15)14(18)9-3-2-4-10(17)7-9/h2-7H,17H2,1H3. The maximum atomic E-state index is 13.7. The van der Waals surface area contributed by atoms with Crippen molar-refractivity contribution in [2.75, 3.05) is 5.73 Å². The number of anilines is 1. The summed E-state index contributed by atoms with van der Waals surface area (Å²) >= 11 is 0. The van der Waals surface area contributed by atoms with Crippen molar-refractivity contribution in [3.63, 3.8) is 0 Å². The van der Waals surface area contributed by atoms with Crippen LogP contribution in [0.1, 0.15) is 21.5 Å². The van der Waals surface area contributed by atoms with Crippen LogP contribution in [0.4, 0.5) is 14.5 Å². The van der Waals surface area contributed by atoms with Gasteiger partial charge < -0.3 is 5.73 Å². The molecule has 0 spiro atoms. The zero-order valence-corrected chi connectivity index (χ0v) is 9.71. The number of carbonyl (C=O) groups excluding carboxylic acids is 1. The minimum absolute atomic E-state index is 0.164. The summed E-state index contributed by atoms with van der Waals surface area (Å²) in [5.74, 6) is -2.70. The molecule has 0 aromatic heterocycles. The highest BCUT2D eigenvalue weighted by molar-refractivity contribution is 6.09. The van der Waals surface area contributed by atoms with Gasteiger partial charge in [-0.1, -0.05) is 18.2 Å². The van der Waals surface area contributed by atoms with Gasteiger partial charge in [0.05, 0.1) is 5.56 Å². The topological polar surface area (TPSA) is 43.1 Å². The van der Waals surface area contributed by atoms with Crippen LogP contribution in [0.5, 0.6) is 0 Å².